The SMILES string of the molecule is O=C(c1sc(-c2ccco2)nc1-c1ccccc1)N1CCC(c2nn[nH]n2)C1. The Labute approximate surface area is 164 Å². The van der Waals surface area contributed by atoms with Crippen molar-refractivity contribution >= 4 is 17.2 Å². The van der Waals surface area contributed by atoms with Gasteiger partial charge in [0.15, 0.2) is 16.6 Å². The third-order valence-corrected chi connectivity index (χ3v) is 5.86. The molecule has 8 nitrogen and oxygen atoms in total. The van der Waals surface area contributed by atoms with Crippen molar-refractivity contribution in [2.45, 2.75) is 12.3 Å². The number of hydrogen-bond acceptors (Lipinski definition) is 7. The average molecular weight is 392 g/mol. The number of amides is 1. The maximum Gasteiger partial charge on any atom is 0.266 e. The fourth-order valence-electron chi connectivity index (χ4n) is 3.40. The summed E-state index contributed by atoms with van der Waals surface area (Å²) in [7, 11) is 0. The fraction of sp³-hybridized carbons (Fsp3) is 0.211. The minimum Gasteiger partial charge on any atom is -0.462 e. The molecule has 0 spiro atoms. The molecular weight excluding hydrogens is 376 g/mol. The first-order valence-corrected chi connectivity index (χ1v) is 9.74. The molecule has 9 heteroatoms. The van der Waals surface area contributed by atoms with Crippen LogP contribution >= 0.6 is 11.3 Å². The van der Waals surface area contributed by atoms with E-state index in [1.807, 2.05) is 47.4 Å². The molecule has 1 amide bonds. The van der Waals surface area contributed by atoms with Crippen LogP contribution in [0.25, 0.3) is 22.0 Å². The van der Waals surface area contributed by atoms with Crippen LogP contribution in [0.5, 0.6) is 0 Å². The number of rotatable bonds is 4. The van der Waals surface area contributed by atoms with E-state index in [4.69, 9.17) is 9.40 Å². The quantitative estimate of drug-likeness (QED) is 0.572. The number of aromatic nitrogens is 5. The van der Waals surface area contributed by atoms with E-state index in [9.17, 15) is 4.79 Å². The molecule has 1 aliphatic rings. The normalized spacial score (nSPS) is 16.6. The summed E-state index contributed by atoms with van der Waals surface area (Å²) in [6.07, 6.45) is 2.42. The molecule has 4 aromatic rings. The molecule has 5 rings (SSSR count). The van der Waals surface area contributed by atoms with Gasteiger partial charge in [-0.05, 0) is 18.6 Å². The van der Waals surface area contributed by atoms with Crippen molar-refractivity contribution in [2.24, 2.45) is 0 Å². The summed E-state index contributed by atoms with van der Waals surface area (Å²) in [6, 6.07) is 13.4. The number of hydrogen-bond donors (Lipinski definition) is 1. The van der Waals surface area contributed by atoms with Crippen LogP contribution in [0, 0.1) is 0 Å². The van der Waals surface area contributed by atoms with Gasteiger partial charge in [-0.25, -0.2) is 4.98 Å². The van der Waals surface area contributed by atoms with Gasteiger partial charge in [-0.2, -0.15) is 5.21 Å². The van der Waals surface area contributed by atoms with E-state index >= 15 is 0 Å². The molecule has 1 N–H and O–H groups in total. The number of tetrazole rings is 1. The Morgan fingerprint density at radius 1 is 1.21 bits per heavy atom. The Kier molecular flexibility index (Phi) is 4.21. The largest absolute Gasteiger partial charge is 0.462 e. The molecule has 0 radical (unpaired) electrons. The lowest BCUT2D eigenvalue weighted by Crippen LogP contribution is -2.28. The Bertz CT molecular complexity index is 1080. The van der Waals surface area contributed by atoms with Gasteiger partial charge in [-0.1, -0.05) is 35.5 Å². The highest BCUT2D eigenvalue weighted by molar-refractivity contribution is 7.17. The predicted molar refractivity (Wildman–Crippen MR) is 103 cm³/mol. The average Bonchev–Trinajstić information content (AvgIpc) is 3.53. The minimum atomic E-state index is -0.0276. The van der Waals surface area contributed by atoms with E-state index in [1.165, 1.54) is 11.3 Å². The Morgan fingerprint density at radius 3 is 2.86 bits per heavy atom. The number of nitrogens with zero attached hydrogens (tertiary/aromatic N) is 5. The molecule has 28 heavy (non-hydrogen) atoms. The lowest BCUT2D eigenvalue weighted by atomic mass is 10.1. The van der Waals surface area contributed by atoms with Crippen LogP contribution in [0.4, 0.5) is 0 Å². The Balaban J connectivity index is 1.49. The minimum absolute atomic E-state index is 0.0276. The van der Waals surface area contributed by atoms with Crippen molar-refractivity contribution in [2.75, 3.05) is 13.1 Å². The lowest BCUT2D eigenvalue weighted by Gasteiger charge is -2.15. The smallest absolute Gasteiger partial charge is 0.266 e. The maximum absolute atomic E-state index is 13.3. The highest BCUT2D eigenvalue weighted by atomic mass is 32.1. The molecule has 1 atom stereocenters. The molecule has 0 saturated carbocycles. The first kappa shape index (κ1) is 16.8. The van der Waals surface area contributed by atoms with Gasteiger partial charge in [-0.15, -0.1) is 21.5 Å². The first-order chi connectivity index (χ1) is 13.8. The van der Waals surface area contributed by atoms with Crippen LogP contribution in [0.15, 0.2) is 53.1 Å². The molecule has 1 aliphatic heterocycles. The van der Waals surface area contributed by atoms with Crippen LogP contribution in [0.3, 0.4) is 0 Å². The summed E-state index contributed by atoms with van der Waals surface area (Å²) >= 11 is 1.36. The Hall–Kier alpha value is -3.33. The maximum atomic E-state index is 13.3. The summed E-state index contributed by atoms with van der Waals surface area (Å²) in [6.45, 7) is 1.22. The molecule has 3 aromatic heterocycles. The zero-order valence-corrected chi connectivity index (χ0v) is 15.6. The standard InChI is InChI=1S/C19H16N6O2S/c26-19(25-9-8-13(11-25)17-21-23-24-22-17)16-15(12-5-2-1-3-6-12)20-18(28-16)14-7-4-10-27-14/h1-7,10,13H,8-9,11H2,(H,21,22,23,24). The van der Waals surface area contributed by atoms with E-state index in [1.54, 1.807) is 6.26 Å². The van der Waals surface area contributed by atoms with E-state index in [0.29, 0.717) is 40.3 Å². The molecule has 0 aliphatic carbocycles. The van der Waals surface area contributed by atoms with Crippen LogP contribution in [-0.4, -0.2) is 49.5 Å². The molecule has 1 unspecified atom stereocenters. The molecule has 1 fully saturated rings. The number of carbonyl (C=O) groups is 1. The first-order valence-electron chi connectivity index (χ1n) is 8.92. The van der Waals surface area contributed by atoms with E-state index < -0.39 is 0 Å². The van der Waals surface area contributed by atoms with Crippen molar-refractivity contribution in [3.63, 3.8) is 0 Å². The molecule has 1 aromatic carbocycles. The molecular formula is C19H16N6O2S. The van der Waals surface area contributed by atoms with Gasteiger partial charge in [0.2, 0.25) is 0 Å². The van der Waals surface area contributed by atoms with Crippen molar-refractivity contribution < 1.29 is 9.21 Å². The van der Waals surface area contributed by atoms with Gasteiger partial charge < -0.3 is 9.32 Å². The number of likely N-dealkylation sites (tertiary alicyclic amines) is 1. The van der Waals surface area contributed by atoms with Gasteiger partial charge in [0.1, 0.15) is 4.88 Å². The van der Waals surface area contributed by atoms with Crippen LogP contribution in [0.1, 0.15) is 27.8 Å². The third kappa shape index (κ3) is 2.99. The fourth-order valence-corrected chi connectivity index (χ4v) is 4.43. The summed E-state index contributed by atoms with van der Waals surface area (Å²) < 4.78 is 5.49. The zero-order chi connectivity index (χ0) is 18.9. The zero-order valence-electron chi connectivity index (χ0n) is 14.8. The van der Waals surface area contributed by atoms with E-state index in [0.717, 1.165) is 12.0 Å². The van der Waals surface area contributed by atoms with E-state index in [-0.39, 0.29) is 11.8 Å². The highest BCUT2D eigenvalue weighted by Gasteiger charge is 2.33. The Morgan fingerprint density at radius 2 is 2.11 bits per heavy atom. The van der Waals surface area contributed by atoms with Crippen molar-refractivity contribution in [3.8, 4) is 22.0 Å². The van der Waals surface area contributed by atoms with Crippen molar-refractivity contribution in [1.82, 2.24) is 30.5 Å². The number of furan rings is 1. The predicted octanol–water partition coefficient (Wildman–Crippen LogP) is 3.21. The summed E-state index contributed by atoms with van der Waals surface area (Å²) in [4.78, 5) is 20.5. The van der Waals surface area contributed by atoms with Gasteiger partial charge in [-0.3, -0.25) is 4.79 Å². The number of carbonyl (C=O) groups excluding carboxylic acids is 1. The lowest BCUT2D eigenvalue weighted by molar-refractivity contribution is 0.0796. The van der Waals surface area contributed by atoms with Gasteiger partial charge in [0, 0.05) is 24.6 Å². The highest BCUT2D eigenvalue weighted by Crippen LogP contribution is 2.36. The van der Waals surface area contributed by atoms with Crippen molar-refractivity contribution in [1.29, 1.82) is 0 Å². The van der Waals surface area contributed by atoms with Gasteiger partial charge in [0.25, 0.3) is 5.91 Å². The number of nitrogens with one attached hydrogen (secondary N) is 1. The van der Waals surface area contributed by atoms with Crippen LogP contribution < -0.4 is 0 Å². The molecule has 0 bridgehead atoms. The summed E-state index contributed by atoms with van der Waals surface area (Å²) in [5.74, 6) is 1.38. The second-order valence-electron chi connectivity index (χ2n) is 6.55. The number of benzene rings is 1. The second-order valence-corrected chi connectivity index (χ2v) is 7.55. The molecule has 1 saturated heterocycles. The third-order valence-electron chi connectivity index (χ3n) is 4.80. The van der Waals surface area contributed by atoms with Gasteiger partial charge >= 0.3 is 0 Å². The summed E-state index contributed by atoms with van der Waals surface area (Å²) in [5.41, 5.74) is 1.60. The molecule has 140 valence electrons. The summed E-state index contributed by atoms with van der Waals surface area (Å²) in [5, 5.41) is 14.9. The number of thiazole rings is 1. The van der Waals surface area contributed by atoms with Crippen molar-refractivity contribution in [3.05, 3.63) is 59.4 Å². The monoisotopic (exact) mass is 392 g/mol. The second kappa shape index (κ2) is 7.01. The van der Waals surface area contributed by atoms with Gasteiger partial charge in [0.05, 0.1) is 12.0 Å². The number of H-pyrrole nitrogens is 1. The molecule has 4 heterocycles. The number of aromatic amines is 1. The van der Waals surface area contributed by atoms with E-state index in [2.05, 4.69) is 20.6 Å². The van der Waals surface area contributed by atoms with Crippen LogP contribution in [-0.2, 0) is 0 Å². The topological polar surface area (TPSA) is 101 Å². The van der Waals surface area contributed by atoms with Crippen LogP contribution in [0.2, 0.25) is 0 Å².